The molecule has 0 aliphatic rings. The lowest BCUT2D eigenvalue weighted by atomic mass is 9.80. The maximum absolute atomic E-state index is 6.35. The van der Waals surface area contributed by atoms with Crippen LogP contribution in [0.15, 0.2) is 30.3 Å². The van der Waals surface area contributed by atoms with Gasteiger partial charge in [0.2, 0.25) is 0 Å². The topological polar surface area (TPSA) is 29.3 Å². The summed E-state index contributed by atoms with van der Waals surface area (Å²) in [6.45, 7) is 8.71. The van der Waals surface area contributed by atoms with Crippen molar-refractivity contribution in [3.05, 3.63) is 35.9 Å². The Bertz CT molecular complexity index is 306. The van der Waals surface area contributed by atoms with Gasteiger partial charge in [-0.25, -0.2) is 0 Å². The Labute approximate surface area is 99.5 Å². The van der Waals surface area contributed by atoms with Gasteiger partial charge in [-0.3, -0.25) is 0 Å². The van der Waals surface area contributed by atoms with Crippen LogP contribution in [0.25, 0.3) is 0 Å². The molecule has 90 valence electrons. The smallest absolute Gasteiger partial charge is 0.0359 e. The molecule has 0 saturated heterocycles. The van der Waals surface area contributed by atoms with Crippen LogP contribution in [0.1, 0.15) is 32.4 Å². The Morgan fingerprint density at radius 2 is 1.81 bits per heavy atom. The molecule has 0 radical (unpaired) electrons. The van der Waals surface area contributed by atoms with Crippen LogP contribution in [0.5, 0.6) is 0 Å². The third-order valence-electron chi connectivity index (χ3n) is 3.22. The first kappa shape index (κ1) is 13.2. The second kappa shape index (κ2) is 5.46. The van der Waals surface area contributed by atoms with Crippen LogP contribution in [0, 0.1) is 5.41 Å². The summed E-state index contributed by atoms with van der Waals surface area (Å²) in [5.74, 6) is 0. The fraction of sp³-hybridized carbons (Fsp3) is 0.571. The molecule has 1 aromatic rings. The molecular formula is C14H24N2. The van der Waals surface area contributed by atoms with Crippen molar-refractivity contribution in [2.75, 3.05) is 20.1 Å². The van der Waals surface area contributed by atoms with E-state index in [4.69, 9.17) is 5.73 Å². The molecule has 1 unspecified atom stereocenters. The average Bonchev–Trinajstić information content (AvgIpc) is 2.28. The molecule has 1 atom stereocenters. The number of hydrogen-bond donors (Lipinski definition) is 1. The van der Waals surface area contributed by atoms with Crippen LogP contribution in [0.3, 0.4) is 0 Å². The number of hydrogen-bond acceptors (Lipinski definition) is 2. The first-order valence-electron chi connectivity index (χ1n) is 5.96. The third-order valence-corrected chi connectivity index (χ3v) is 3.22. The van der Waals surface area contributed by atoms with Crippen molar-refractivity contribution in [3.8, 4) is 0 Å². The number of benzene rings is 1. The molecule has 16 heavy (non-hydrogen) atoms. The highest BCUT2D eigenvalue weighted by Gasteiger charge is 2.28. The van der Waals surface area contributed by atoms with E-state index in [-0.39, 0.29) is 11.5 Å². The number of nitrogens with zero attached hydrogens (tertiary/aromatic N) is 1. The Kier molecular flexibility index (Phi) is 4.51. The van der Waals surface area contributed by atoms with Gasteiger partial charge in [-0.2, -0.15) is 0 Å². The van der Waals surface area contributed by atoms with Gasteiger partial charge in [0.1, 0.15) is 0 Å². The van der Waals surface area contributed by atoms with E-state index in [1.54, 1.807) is 0 Å². The summed E-state index contributed by atoms with van der Waals surface area (Å²) < 4.78 is 0. The van der Waals surface area contributed by atoms with E-state index >= 15 is 0 Å². The highest BCUT2D eigenvalue weighted by Crippen LogP contribution is 2.31. The predicted molar refractivity (Wildman–Crippen MR) is 70.3 cm³/mol. The Hall–Kier alpha value is -0.860. The van der Waals surface area contributed by atoms with Crippen molar-refractivity contribution in [2.24, 2.45) is 11.1 Å². The molecule has 0 aliphatic carbocycles. The maximum Gasteiger partial charge on any atom is 0.0359 e. The predicted octanol–water partition coefficient (Wildman–Crippen LogP) is 2.66. The van der Waals surface area contributed by atoms with Crippen molar-refractivity contribution in [1.29, 1.82) is 0 Å². The van der Waals surface area contributed by atoms with Crippen molar-refractivity contribution in [1.82, 2.24) is 4.90 Å². The summed E-state index contributed by atoms with van der Waals surface area (Å²) in [6, 6.07) is 10.4. The molecule has 2 nitrogen and oxygen atoms in total. The second-order valence-electron chi connectivity index (χ2n) is 5.21. The van der Waals surface area contributed by atoms with Gasteiger partial charge in [0, 0.05) is 12.6 Å². The van der Waals surface area contributed by atoms with Crippen molar-refractivity contribution >= 4 is 0 Å². The van der Waals surface area contributed by atoms with Crippen LogP contribution >= 0.6 is 0 Å². The van der Waals surface area contributed by atoms with Gasteiger partial charge in [-0.05, 0) is 24.6 Å². The van der Waals surface area contributed by atoms with Gasteiger partial charge in [-0.1, -0.05) is 51.1 Å². The van der Waals surface area contributed by atoms with Crippen LogP contribution in [-0.2, 0) is 0 Å². The van der Waals surface area contributed by atoms with Gasteiger partial charge in [0.05, 0.1) is 0 Å². The molecule has 2 N–H and O–H groups in total. The van der Waals surface area contributed by atoms with Gasteiger partial charge < -0.3 is 10.6 Å². The molecule has 0 spiro atoms. The Morgan fingerprint density at radius 1 is 1.25 bits per heavy atom. The van der Waals surface area contributed by atoms with Crippen LogP contribution in [0.2, 0.25) is 0 Å². The first-order chi connectivity index (χ1) is 7.47. The molecule has 1 aromatic carbocycles. The quantitative estimate of drug-likeness (QED) is 0.826. The van der Waals surface area contributed by atoms with Gasteiger partial charge in [-0.15, -0.1) is 0 Å². The molecule has 1 rings (SSSR count). The minimum absolute atomic E-state index is 0.0858. The summed E-state index contributed by atoms with van der Waals surface area (Å²) in [5.41, 5.74) is 7.66. The van der Waals surface area contributed by atoms with Gasteiger partial charge >= 0.3 is 0 Å². The van der Waals surface area contributed by atoms with E-state index in [0.29, 0.717) is 0 Å². The third kappa shape index (κ3) is 3.32. The standard InChI is InChI=1S/C14H24N2/c1-5-16(4)11-14(2,3)13(15)12-9-7-6-8-10-12/h6-10,13H,5,11,15H2,1-4H3. The minimum atomic E-state index is 0.0858. The first-order valence-corrected chi connectivity index (χ1v) is 5.96. The summed E-state index contributed by atoms with van der Waals surface area (Å²) >= 11 is 0. The molecule has 0 amide bonds. The van der Waals surface area contributed by atoms with E-state index < -0.39 is 0 Å². The highest BCUT2D eigenvalue weighted by molar-refractivity contribution is 5.20. The Balaban J connectivity index is 2.75. The van der Waals surface area contributed by atoms with Crippen LogP contribution in [0.4, 0.5) is 0 Å². The van der Waals surface area contributed by atoms with E-state index in [1.165, 1.54) is 5.56 Å². The SMILES string of the molecule is CCN(C)CC(C)(C)C(N)c1ccccc1. The summed E-state index contributed by atoms with van der Waals surface area (Å²) in [5, 5.41) is 0. The maximum atomic E-state index is 6.35. The zero-order chi connectivity index (χ0) is 12.2. The lowest BCUT2D eigenvalue weighted by molar-refractivity contribution is 0.182. The molecule has 2 heteroatoms. The largest absolute Gasteiger partial charge is 0.323 e. The highest BCUT2D eigenvalue weighted by atomic mass is 15.1. The lowest BCUT2D eigenvalue weighted by Crippen LogP contribution is -2.39. The molecular weight excluding hydrogens is 196 g/mol. The number of rotatable bonds is 5. The second-order valence-corrected chi connectivity index (χ2v) is 5.21. The monoisotopic (exact) mass is 220 g/mol. The molecule has 0 aromatic heterocycles. The lowest BCUT2D eigenvalue weighted by Gasteiger charge is -2.35. The zero-order valence-corrected chi connectivity index (χ0v) is 10.9. The van der Waals surface area contributed by atoms with Gasteiger partial charge in [0.15, 0.2) is 0 Å². The summed E-state index contributed by atoms with van der Waals surface area (Å²) in [6.07, 6.45) is 0. The minimum Gasteiger partial charge on any atom is -0.323 e. The molecule has 0 aliphatic heterocycles. The van der Waals surface area contributed by atoms with Crippen LogP contribution in [-0.4, -0.2) is 25.0 Å². The summed E-state index contributed by atoms with van der Waals surface area (Å²) in [4.78, 5) is 2.31. The van der Waals surface area contributed by atoms with E-state index in [0.717, 1.165) is 13.1 Å². The Morgan fingerprint density at radius 3 is 2.31 bits per heavy atom. The molecule has 0 fully saturated rings. The van der Waals surface area contributed by atoms with Crippen molar-refractivity contribution in [2.45, 2.75) is 26.8 Å². The van der Waals surface area contributed by atoms with E-state index in [2.05, 4.69) is 57.0 Å². The zero-order valence-electron chi connectivity index (χ0n) is 10.9. The fourth-order valence-electron chi connectivity index (χ4n) is 2.02. The molecule has 0 bridgehead atoms. The fourth-order valence-corrected chi connectivity index (χ4v) is 2.02. The van der Waals surface area contributed by atoms with E-state index in [1.807, 2.05) is 6.07 Å². The summed E-state index contributed by atoms with van der Waals surface area (Å²) in [7, 11) is 2.14. The average molecular weight is 220 g/mol. The van der Waals surface area contributed by atoms with Crippen molar-refractivity contribution < 1.29 is 0 Å². The molecule has 0 heterocycles. The van der Waals surface area contributed by atoms with E-state index in [9.17, 15) is 0 Å². The van der Waals surface area contributed by atoms with Crippen LogP contribution < -0.4 is 5.73 Å². The number of nitrogens with two attached hydrogens (primary N) is 1. The van der Waals surface area contributed by atoms with Gasteiger partial charge in [0.25, 0.3) is 0 Å². The normalized spacial score (nSPS) is 14.1. The molecule has 0 saturated carbocycles. The van der Waals surface area contributed by atoms with Crippen molar-refractivity contribution in [3.63, 3.8) is 0 Å².